The first kappa shape index (κ1) is 17.6. The first-order chi connectivity index (χ1) is 11.8. The quantitative estimate of drug-likeness (QED) is 0.854. The molecule has 10 heteroatoms. The Morgan fingerprint density at radius 3 is 2.28 bits per heavy atom. The maximum absolute atomic E-state index is 12.6. The van der Waals surface area contributed by atoms with Crippen LogP contribution in [0.4, 0.5) is 10.8 Å². The van der Waals surface area contributed by atoms with Gasteiger partial charge in [0.1, 0.15) is 5.01 Å². The van der Waals surface area contributed by atoms with Gasteiger partial charge in [-0.25, -0.2) is 8.42 Å². The van der Waals surface area contributed by atoms with E-state index in [-0.39, 0.29) is 5.91 Å². The molecule has 0 aliphatic carbocycles. The Balaban J connectivity index is 1.60. The number of aromatic nitrogens is 2. The van der Waals surface area contributed by atoms with Gasteiger partial charge in [-0.1, -0.05) is 11.3 Å². The predicted molar refractivity (Wildman–Crippen MR) is 97.7 cm³/mol. The number of aryl methyl sites for hydroxylation is 1. The Morgan fingerprint density at radius 2 is 1.76 bits per heavy atom. The number of anilines is 2. The second-order valence-electron chi connectivity index (χ2n) is 5.83. The van der Waals surface area contributed by atoms with Crippen LogP contribution < -0.4 is 9.62 Å². The van der Waals surface area contributed by atoms with Gasteiger partial charge in [0.05, 0.1) is 6.26 Å². The third kappa shape index (κ3) is 4.45. The van der Waals surface area contributed by atoms with E-state index in [0.717, 1.165) is 16.4 Å². The summed E-state index contributed by atoms with van der Waals surface area (Å²) in [5, 5.41) is 9.98. The molecule has 0 spiro atoms. The SMILES string of the molecule is Cc1nnc(N2CCN(C(=O)c3ccc(NS(C)(=O)=O)cc3)CC2)s1. The summed E-state index contributed by atoms with van der Waals surface area (Å²) in [5.41, 5.74) is 0.981. The minimum Gasteiger partial charge on any atom is -0.343 e. The van der Waals surface area contributed by atoms with Gasteiger partial charge < -0.3 is 9.80 Å². The normalized spacial score (nSPS) is 15.3. The number of hydrogen-bond acceptors (Lipinski definition) is 7. The van der Waals surface area contributed by atoms with Crippen LogP contribution in [0, 0.1) is 6.92 Å². The maximum atomic E-state index is 12.6. The number of nitrogens with zero attached hydrogens (tertiary/aromatic N) is 4. The van der Waals surface area contributed by atoms with Crippen LogP contribution in [0.3, 0.4) is 0 Å². The van der Waals surface area contributed by atoms with E-state index in [1.54, 1.807) is 40.5 Å². The topological polar surface area (TPSA) is 95.5 Å². The third-order valence-electron chi connectivity index (χ3n) is 3.79. The summed E-state index contributed by atoms with van der Waals surface area (Å²) >= 11 is 1.55. The molecule has 2 heterocycles. The standard InChI is InChI=1S/C15H19N5O3S2/c1-11-16-17-15(24-11)20-9-7-19(8-10-20)14(21)12-3-5-13(6-4-12)18-25(2,22)23/h3-6,18H,7-10H2,1-2H3. The van der Waals surface area contributed by atoms with Gasteiger partial charge >= 0.3 is 0 Å². The average molecular weight is 381 g/mol. The largest absolute Gasteiger partial charge is 0.343 e. The second-order valence-corrected chi connectivity index (χ2v) is 8.74. The molecule has 1 fully saturated rings. The van der Waals surface area contributed by atoms with Crippen LogP contribution in [-0.2, 0) is 10.0 Å². The molecule has 0 bridgehead atoms. The zero-order valence-electron chi connectivity index (χ0n) is 14.0. The molecule has 0 saturated carbocycles. The Kier molecular flexibility index (Phi) is 4.91. The highest BCUT2D eigenvalue weighted by atomic mass is 32.2. The van der Waals surface area contributed by atoms with Crippen LogP contribution >= 0.6 is 11.3 Å². The van der Waals surface area contributed by atoms with Crippen LogP contribution in [0.2, 0.25) is 0 Å². The van der Waals surface area contributed by atoms with Crippen molar-refractivity contribution in [2.75, 3.05) is 42.1 Å². The summed E-state index contributed by atoms with van der Waals surface area (Å²) in [5.74, 6) is -0.0565. The van der Waals surface area contributed by atoms with Gasteiger partial charge in [-0.05, 0) is 31.2 Å². The minimum atomic E-state index is -3.32. The summed E-state index contributed by atoms with van der Waals surface area (Å²) in [7, 11) is -3.32. The van der Waals surface area contributed by atoms with Gasteiger partial charge in [0.15, 0.2) is 0 Å². The molecule has 0 unspecified atom stereocenters. The highest BCUT2D eigenvalue weighted by molar-refractivity contribution is 7.92. The summed E-state index contributed by atoms with van der Waals surface area (Å²) in [6, 6.07) is 6.45. The van der Waals surface area contributed by atoms with Crippen LogP contribution in [0.15, 0.2) is 24.3 Å². The van der Waals surface area contributed by atoms with E-state index >= 15 is 0 Å². The number of rotatable bonds is 4. The maximum Gasteiger partial charge on any atom is 0.253 e. The molecule has 0 atom stereocenters. The first-order valence-electron chi connectivity index (χ1n) is 7.74. The molecule has 1 N–H and O–H groups in total. The zero-order chi connectivity index (χ0) is 18.0. The molecule has 0 radical (unpaired) electrons. The number of nitrogens with one attached hydrogen (secondary N) is 1. The van der Waals surface area contributed by atoms with Crippen molar-refractivity contribution in [1.29, 1.82) is 0 Å². The van der Waals surface area contributed by atoms with Crippen LogP contribution in [0.5, 0.6) is 0 Å². The van der Waals surface area contributed by atoms with Crippen molar-refractivity contribution in [1.82, 2.24) is 15.1 Å². The molecule has 1 aromatic heterocycles. The van der Waals surface area contributed by atoms with Crippen molar-refractivity contribution in [3.63, 3.8) is 0 Å². The lowest BCUT2D eigenvalue weighted by atomic mass is 10.1. The van der Waals surface area contributed by atoms with Crippen molar-refractivity contribution < 1.29 is 13.2 Å². The lowest BCUT2D eigenvalue weighted by molar-refractivity contribution is 0.0747. The molecule has 8 nitrogen and oxygen atoms in total. The Hall–Kier alpha value is -2.20. The Labute approximate surface area is 150 Å². The summed E-state index contributed by atoms with van der Waals surface area (Å²) in [6.07, 6.45) is 1.09. The van der Waals surface area contributed by atoms with Crippen molar-refractivity contribution in [2.45, 2.75) is 6.92 Å². The van der Waals surface area contributed by atoms with E-state index in [1.807, 2.05) is 6.92 Å². The van der Waals surface area contributed by atoms with Crippen LogP contribution in [0.1, 0.15) is 15.4 Å². The lowest BCUT2D eigenvalue weighted by Gasteiger charge is -2.34. The number of hydrogen-bond donors (Lipinski definition) is 1. The van der Waals surface area contributed by atoms with Crippen LogP contribution in [0.25, 0.3) is 0 Å². The van der Waals surface area contributed by atoms with E-state index in [0.29, 0.717) is 37.4 Å². The van der Waals surface area contributed by atoms with Crippen LogP contribution in [-0.4, -0.2) is 61.9 Å². The van der Waals surface area contributed by atoms with E-state index in [9.17, 15) is 13.2 Å². The van der Waals surface area contributed by atoms with E-state index < -0.39 is 10.0 Å². The molecule has 1 aliphatic heterocycles. The first-order valence-corrected chi connectivity index (χ1v) is 10.4. The Morgan fingerprint density at radius 1 is 1.12 bits per heavy atom. The monoisotopic (exact) mass is 381 g/mol. The lowest BCUT2D eigenvalue weighted by Crippen LogP contribution is -2.48. The van der Waals surface area contributed by atoms with Gasteiger partial charge in [-0.3, -0.25) is 9.52 Å². The molecule has 1 aliphatic rings. The number of sulfonamides is 1. The highest BCUT2D eigenvalue weighted by Gasteiger charge is 2.23. The molecule has 25 heavy (non-hydrogen) atoms. The number of carbonyl (C=O) groups excluding carboxylic acids is 1. The van der Waals surface area contributed by atoms with E-state index in [2.05, 4.69) is 19.8 Å². The fraction of sp³-hybridized carbons (Fsp3) is 0.400. The zero-order valence-corrected chi connectivity index (χ0v) is 15.6. The molecular formula is C15H19N5O3S2. The molecule has 1 amide bonds. The highest BCUT2D eigenvalue weighted by Crippen LogP contribution is 2.21. The van der Waals surface area contributed by atoms with Crippen molar-refractivity contribution in [3.8, 4) is 0 Å². The minimum absolute atomic E-state index is 0.0565. The number of benzene rings is 1. The van der Waals surface area contributed by atoms with Crippen molar-refractivity contribution >= 4 is 38.1 Å². The molecular weight excluding hydrogens is 362 g/mol. The van der Waals surface area contributed by atoms with Crippen molar-refractivity contribution in [2.24, 2.45) is 0 Å². The third-order valence-corrected chi connectivity index (χ3v) is 5.29. The molecule has 134 valence electrons. The second kappa shape index (κ2) is 6.96. The molecule has 2 aromatic rings. The molecule has 1 aromatic carbocycles. The molecule has 3 rings (SSSR count). The number of carbonyl (C=O) groups is 1. The Bertz CT molecular complexity index is 856. The fourth-order valence-electron chi connectivity index (χ4n) is 2.59. The average Bonchev–Trinajstić information content (AvgIpc) is 3.00. The predicted octanol–water partition coefficient (Wildman–Crippen LogP) is 1.18. The number of amides is 1. The van der Waals surface area contributed by atoms with Gasteiger partial charge in [0.2, 0.25) is 15.2 Å². The summed E-state index contributed by atoms with van der Waals surface area (Å²) in [6.45, 7) is 4.58. The number of piperazine rings is 1. The van der Waals surface area contributed by atoms with Gasteiger partial charge in [-0.2, -0.15) is 0 Å². The molecule has 1 saturated heterocycles. The van der Waals surface area contributed by atoms with E-state index in [4.69, 9.17) is 0 Å². The summed E-state index contributed by atoms with van der Waals surface area (Å²) < 4.78 is 24.8. The van der Waals surface area contributed by atoms with Crippen molar-refractivity contribution in [3.05, 3.63) is 34.8 Å². The summed E-state index contributed by atoms with van der Waals surface area (Å²) in [4.78, 5) is 16.5. The fourth-order valence-corrected chi connectivity index (χ4v) is 3.90. The van der Waals surface area contributed by atoms with Gasteiger partial charge in [-0.15, -0.1) is 10.2 Å². The van der Waals surface area contributed by atoms with Gasteiger partial charge in [0, 0.05) is 37.4 Å². The smallest absolute Gasteiger partial charge is 0.253 e. The van der Waals surface area contributed by atoms with E-state index in [1.165, 1.54) is 0 Å². The van der Waals surface area contributed by atoms with Gasteiger partial charge in [0.25, 0.3) is 5.91 Å².